The average Bonchev–Trinajstić information content (AvgIpc) is 3.24. The highest BCUT2D eigenvalue weighted by Crippen LogP contribution is 2.46. The van der Waals surface area contributed by atoms with Crippen LogP contribution in [0, 0.1) is 5.82 Å². The van der Waals surface area contributed by atoms with E-state index in [1.807, 2.05) is 6.07 Å². The van der Waals surface area contributed by atoms with Crippen molar-refractivity contribution in [1.82, 2.24) is 24.3 Å². The molecule has 1 aliphatic rings. The first kappa shape index (κ1) is 22.2. The maximum atomic E-state index is 16.3. The van der Waals surface area contributed by atoms with Crippen molar-refractivity contribution in [2.45, 2.75) is 31.3 Å². The second-order valence-corrected chi connectivity index (χ2v) is 9.38. The van der Waals surface area contributed by atoms with Crippen LogP contribution < -0.4 is 16.0 Å². The van der Waals surface area contributed by atoms with E-state index in [9.17, 15) is 9.90 Å². The molecule has 6 rings (SSSR count). The van der Waals surface area contributed by atoms with Crippen molar-refractivity contribution in [3.63, 3.8) is 0 Å². The van der Waals surface area contributed by atoms with Crippen LogP contribution in [0.1, 0.15) is 31.4 Å². The second-order valence-electron chi connectivity index (χ2n) is 9.38. The molecular weight excluding hydrogens is 463 g/mol. The lowest BCUT2D eigenvalue weighted by Gasteiger charge is -2.39. The number of rotatable bonds is 4. The van der Waals surface area contributed by atoms with Gasteiger partial charge < -0.3 is 15.6 Å². The van der Waals surface area contributed by atoms with Gasteiger partial charge in [0.2, 0.25) is 0 Å². The summed E-state index contributed by atoms with van der Waals surface area (Å²) in [6.45, 7) is 1.76. The molecule has 36 heavy (non-hydrogen) atoms. The van der Waals surface area contributed by atoms with Crippen LogP contribution >= 0.6 is 0 Å². The van der Waals surface area contributed by atoms with E-state index >= 15 is 4.39 Å². The molecule has 2 aromatic carbocycles. The Morgan fingerprint density at radius 1 is 1.17 bits per heavy atom. The van der Waals surface area contributed by atoms with Gasteiger partial charge in [0, 0.05) is 17.0 Å². The normalized spacial score (nSPS) is 19.5. The van der Waals surface area contributed by atoms with Gasteiger partial charge in [0.1, 0.15) is 28.8 Å². The molecule has 0 bridgehead atoms. The fraction of sp³-hybridized carbons (Fsp3) is 0.231. The van der Waals surface area contributed by atoms with E-state index in [1.54, 1.807) is 43.5 Å². The molecule has 0 atom stereocenters. The van der Waals surface area contributed by atoms with Gasteiger partial charge >= 0.3 is 0 Å². The Balaban J connectivity index is 1.62. The molecule has 3 heterocycles. The lowest BCUT2D eigenvalue weighted by atomic mass is 9.70. The van der Waals surface area contributed by atoms with Crippen molar-refractivity contribution < 1.29 is 14.2 Å². The third kappa shape index (κ3) is 3.25. The van der Waals surface area contributed by atoms with Gasteiger partial charge in [-0.05, 0) is 44.0 Å². The van der Waals surface area contributed by atoms with Crippen LogP contribution in [0.5, 0.6) is 5.75 Å². The maximum Gasteiger partial charge on any atom is 0.266 e. The van der Waals surface area contributed by atoms with Crippen molar-refractivity contribution in [2.75, 3.05) is 12.8 Å². The fourth-order valence-electron chi connectivity index (χ4n) is 5.09. The highest BCUT2D eigenvalue weighted by Gasteiger charge is 2.42. The van der Waals surface area contributed by atoms with Gasteiger partial charge in [-0.2, -0.15) is 5.10 Å². The fourth-order valence-corrected chi connectivity index (χ4v) is 5.09. The zero-order valence-electron chi connectivity index (χ0n) is 19.6. The Labute approximate surface area is 204 Å². The first-order chi connectivity index (χ1) is 17.3. The van der Waals surface area contributed by atoms with Crippen molar-refractivity contribution in [3.05, 3.63) is 76.9 Å². The number of benzene rings is 2. The molecule has 3 aromatic heterocycles. The summed E-state index contributed by atoms with van der Waals surface area (Å²) < 4.78 is 24.5. The van der Waals surface area contributed by atoms with Crippen LogP contribution in [0.3, 0.4) is 0 Å². The molecule has 182 valence electrons. The van der Waals surface area contributed by atoms with Gasteiger partial charge in [0.25, 0.3) is 5.56 Å². The van der Waals surface area contributed by atoms with Crippen LogP contribution in [-0.4, -0.2) is 42.1 Å². The summed E-state index contributed by atoms with van der Waals surface area (Å²) in [4.78, 5) is 22.0. The molecular formula is C26H23FN6O3. The minimum absolute atomic E-state index is 0.0382. The minimum Gasteiger partial charge on any atom is -0.495 e. The molecule has 0 amide bonds. The number of halogens is 1. The summed E-state index contributed by atoms with van der Waals surface area (Å²) >= 11 is 0. The van der Waals surface area contributed by atoms with E-state index in [0.29, 0.717) is 46.4 Å². The Kier molecular flexibility index (Phi) is 4.84. The molecule has 0 radical (unpaired) electrons. The van der Waals surface area contributed by atoms with Crippen molar-refractivity contribution in [2.24, 2.45) is 0 Å². The molecule has 10 heteroatoms. The molecule has 0 aliphatic heterocycles. The third-order valence-electron chi connectivity index (χ3n) is 6.82. The number of para-hydroxylation sites is 1. The third-order valence-corrected chi connectivity index (χ3v) is 6.82. The molecule has 1 fully saturated rings. The van der Waals surface area contributed by atoms with E-state index in [-0.39, 0.29) is 22.8 Å². The zero-order chi connectivity index (χ0) is 25.2. The summed E-state index contributed by atoms with van der Waals surface area (Å²) in [6, 6.07) is 12.1. The lowest BCUT2D eigenvalue weighted by molar-refractivity contribution is -0.0321. The van der Waals surface area contributed by atoms with E-state index in [2.05, 4.69) is 15.1 Å². The Hall–Kier alpha value is -4.31. The number of hydrogen-bond donors (Lipinski definition) is 2. The largest absolute Gasteiger partial charge is 0.495 e. The smallest absolute Gasteiger partial charge is 0.266 e. The number of anilines is 1. The van der Waals surface area contributed by atoms with Crippen molar-refractivity contribution in [3.8, 4) is 17.1 Å². The molecule has 9 nitrogen and oxygen atoms in total. The van der Waals surface area contributed by atoms with Gasteiger partial charge in [-0.3, -0.25) is 9.36 Å². The SMILES string of the molecule is COc1cn(-c2ccccc2)c(=O)c2c(F)c(-n3nc(C4CC(C)(O)C4)c4ncnc(N)c43)ccc12. The highest BCUT2D eigenvalue weighted by atomic mass is 19.1. The van der Waals surface area contributed by atoms with Crippen LogP contribution in [0.4, 0.5) is 10.2 Å². The van der Waals surface area contributed by atoms with Crippen LogP contribution in [0.2, 0.25) is 0 Å². The van der Waals surface area contributed by atoms with Crippen LogP contribution in [-0.2, 0) is 0 Å². The van der Waals surface area contributed by atoms with Gasteiger partial charge in [-0.1, -0.05) is 18.2 Å². The molecule has 1 aliphatic carbocycles. The molecule has 0 unspecified atom stereocenters. The predicted molar refractivity (Wildman–Crippen MR) is 133 cm³/mol. The molecule has 0 saturated heterocycles. The van der Waals surface area contributed by atoms with Crippen molar-refractivity contribution >= 4 is 27.6 Å². The number of nitrogens with two attached hydrogens (primary N) is 1. The maximum absolute atomic E-state index is 16.3. The summed E-state index contributed by atoms with van der Waals surface area (Å²) in [6.07, 6.45) is 3.89. The number of ether oxygens (including phenoxy) is 1. The Morgan fingerprint density at radius 3 is 2.61 bits per heavy atom. The summed E-state index contributed by atoms with van der Waals surface area (Å²) in [5, 5.41) is 15.1. The summed E-state index contributed by atoms with van der Waals surface area (Å²) in [5.74, 6) is -0.334. The molecule has 3 N–H and O–H groups in total. The number of aliphatic hydroxyl groups is 1. The molecule has 5 aromatic rings. The number of methoxy groups -OCH3 is 1. The van der Waals surface area contributed by atoms with Crippen LogP contribution in [0.25, 0.3) is 33.2 Å². The topological polar surface area (TPSA) is 121 Å². The van der Waals surface area contributed by atoms with Crippen molar-refractivity contribution in [1.29, 1.82) is 0 Å². The number of nitrogen functional groups attached to an aromatic ring is 1. The molecule has 0 spiro atoms. The van der Waals surface area contributed by atoms with E-state index in [1.165, 1.54) is 28.8 Å². The predicted octanol–water partition coefficient (Wildman–Crippen LogP) is 3.48. The van der Waals surface area contributed by atoms with E-state index < -0.39 is 17.0 Å². The van der Waals surface area contributed by atoms with E-state index in [0.717, 1.165) is 0 Å². The highest BCUT2D eigenvalue weighted by molar-refractivity contribution is 5.92. The summed E-state index contributed by atoms with van der Waals surface area (Å²) in [7, 11) is 1.47. The number of aromatic nitrogens is 5. The number of fused-ring (bicyclic) bond motifs is 2. The molecule has 1 saturated carbocycles. The second kappa shape index (κ2) is 7.85. The number of pyridine rings is 1. The standard InChI is InChI=1S/C26H23FN6O3/c1-26(35)10-14(11-26)21-22-23(24(28)30-13-29-22)33(31-21)17-9-8-16-18(36-2)12-32(15-6-4-3-5-7-15)25(34)19(16)20(17)27/h3-9,12-14,35H,10-11H2,1-2H3,(H2,28,29,30). The quantitative estimate of drug-likeness (QED) is 0.399. The summed E-state index contributed by atoms with van der Waals surface area (Å²) in [5.41, 5.74) is 6.94. The van der Waals surface area contributed by atoms with Gasteiger partial charge in [0.05, 0.1) is 30.0 Å². The Bertz CT molecular complexity index is 1700. The monoisotopic (exact) mass is 486 g/mol. The van der Waals surface area contributed by atoms with Gasteiger partial charge in [0.15, 0.2) is 11.6 Å². The number of nitrogens with zero attached hydrogens (tertiary/aromatic N) is 5. The average molecular weight is 487 g/mol. The van der Waals surface area contributed by atoms with Crippen LogP contribution in [0.15, 0.2) is 59.8 Å². The van der Waals surface area contributed by atoms with E-state index in [4.69, 9.17) is 10.5 Å². The first-order valence-electron chi connectivity index (χ1n) is 11.5. The Morgan fingerprint density at radius 2 is 1.92 bits per heavy atom. The first-order valence-corrected chi connectivity index (χ1v) is 11.5. The number of hydrogen-bond acceptors (Lipinski definition) is 7. The minimum atomic E-state index is -0.785. The zero-order valence-corrected chi connectivity index (χ0v) is 19.6. The lowest BCUT2D eigenvalue weighted by Crippen LogP contribution is -2.39. The van der Waals surface area contributed by atoms with Gasteiger partial charge in [-0.15, -0.1) is 0 Å². The van der Waals surface area contributed by atoms with Gasteiger partial charge in [-0.25, -0.2) is 19.0 Å².